The Balaban J connectivity index is 2.07. The highest BCUT2D eigenvalue weighted by molar-refractivity contribution is 5.98. The van der Waals surface area contributed by atoms with E-state index in [0.717, 1.165) is 30.6 Å². The minimum absolute atomic E-state index is 0.0307. The van der Waals surface area contributed by atoms with Crippen molar-refractivity contribution in [2.45, 2.75) is 64.1 Å². The molecule has 0 radical (unpaired) electrons. The number of rotatable bonds is 6. The molecular weight excluding hydrogens is 352 g/mol. The number of ether oxygens (including phenoxy) is 3. The van der Waals surface area contributed by atoms with E-state index in [1.807, 2.05) is 6.07 Å². The second-order valence-electron chi connectivity index (χ2n) is 9.00. The molecule has 0 saturated heterocycles. The largest absolute Gasteiger partial charge is 0.493 e. The van der Waals surface area contributed by atoms with Crippen molar-refractivity contribution < 1.29 is 19.0 Å². The van der Waals surface area contributed by atoms with E-state index in [1.54, 1.807) is 20.3 Å². The molecule has 28 heavy (non-hydrogen) atoms. The lowest BCUT2D eigenvalue weighted by Gasteiger charge is -2.58. The number of carbonyl (C=O) groups is 1. The van der Waals surface area contributed by atoms with Gasteiger partial charge in [-0.1, -0.05) is 40.2 Å². The molecule has 4 heteroatoms. The minimum Gasteiger partial charge on any atom is -0.493 e. The molecule has 0 bridgehead atoms. The highest BCUT2D eigenvalue weighted by Gasteiger charge is 2.70. The molecule has 0 saturated carbocycles. The van der Waals surface area contributed by atoms with Gasteiger partial charge in [-0.3, -0.25) is 4.79 Å². The predicted octanol–water partition coefficient (Wildman–Crippen LogP) is 4.48. The number of hydrogen-bond acceptors (Lipinski definition) is 4. The van der Waals surface area contributed by atoms with Crippen LogP contribution in [0, 0.1) is 17.8 Å². The Morgan fingerprint density at radius 3 is 2.61 bits per heavy atom. The summed E-state index contributed by atoms with van der Waals surface area (Å²) >= 11 is 0. The Morgan fingerprint density at radius 1 is 1.25 bits per heavy atom. The predicted molar refractivity (Wildman–Crippen MR) is 109 cm³/mol. The van der Waals surface area contributed by atoms with Crippen LogP contribution in [-0.2, 0) is 21.4 Å². The van der Waals surface area contributed by atoms with Crippen LogP contribution in [0.1, 0.15) is 51.7 Å². The Hall–Kier alpha value is -1.81. The summed E-state index contributed by atoms with van der Waals surface area (Å²) in [5, 5.41) is 0. The van der Waals surface area contributed by atoms with E-state index in [-0.39, 0.29) is 11.7 Å². The molecule has 152 valence electrons. The van der Waals surface area contributed by atoms with Crippen molar-refractivity contribution in [3.05, 3.63) is 35.4 Å². The van der Waals surface area contributed by atoms with Crippen molar-refractivity contribution in [1.82, 2.24) is 0 Å². The molecule has 1 aromatic carbocycles. The van der Waals surface area contributed by atoms with Crippen molar-refractivity contribution in [2.75, 3.05) is 14.2 Å². The van der Waals surface area contributed by atoms with E-state index in [2.05, 4.69) is 39.8 Å². The number of ketones is 1. The van der Waals surface area contributed by atoms with E-state index in [4.69, 9.17) is 14.2 Å². The molecule has 0 aromatic heterocycles. The average molecular weight is 385 g/mol. The van der Waals surface area contributed by atoms with Crippen LogP contribution < -0.4 is 9.47 Å². The SMILES string of the molecule is CCCC12c3c4ccc(OC)c3OC1C(=O)C=CC2(OC)C(C(C)C(C)C)C4. The fourth-order valence-corrected chi connectivity index (χ4v) is 6.17. The van der Waals surface area contributed by atoms with Crippen LogP contribution in [0.15, 0.2) is 24.3 Å². The second-order valence-corrected chi connectivity index (χ2v) is 9.00. The molecule has 3 aliphatic rings. The molecular formula is C24H32O4. The van der Waals surface area contributed by atoms with Gasteiger partial charge in [-0.05, 0) is 54.4 Å². The van der Waals surface area contributed by atoms with Crippen molar-refractivity contribution in [3.8, 4) is 11.5 Å². The lowest BCUT2D eigenvalue weighted by atomic mass is 9.48. The number of carbonyl (C=O) groups excluding carboxylic acids is 1. The second kappa shape index (κ2) is 6.62. The number of benzene rings is 1. The van der Waals surface area contributed by atoms with Gasteiger partial charge in [-0.25, -0.2) is 0 Å². The summed E-state index contributed by atoms with van der Waals surface area (Å²) in [6, 6.07) is 4.16. The van der Waals surface area contributed by atoms with Gasteiger partial charge in [0.05, 0.1) is 12.5 Å². The topological polar surface area (TPSA) is 44.8 Å². The van der Waals surface area contributed by atoms with Gasteiger partial charge in [0, 0.05) is 12.7 Å². The van der Waals surface area contributed by atoms with Crippen LogP contribution in [0.25, 0.3) is 0 Å². The minimum atomic E-state index is -0.560. The third-order valence-electron chi connectivity index (χ3n) is 7.67. The summed E-state index contributed by atoms with van der Waals surface area (Å²) in [6.07, 6.45) is 5.92. The molecule has 4 nitrogen and oxygen atoms in total. The van der Waals surface area contributed by atoms with E-state index >= 15 is 0 Å². The molecule has 4 rings (SSSR count). The number of hydrogen-bond donors (Lipinski definition) is 0. The van der Waals surface area contributed by atoms with Crippen LogP contribution >= 0.6 is 0 Å². The Morgan fingerprint density at radius 2 is 2.00 bits per heavy atom. The third-order valence-corrected chi connectivity index (χ3v) is 7.67. The summed E-state index contributed by atoms with van der Waals surface area (Å²) in [7, 11) is 3.46. The van der Waals surface area contributed by atoms with Gasteiger partial charge in [0.15, 0.2) is 23.4 Å². The molecule has 0 fully saturated rings. The number of methoxy groups -OCH3 is 2. The lowest BCUT2D eigenvalue weighted by molar-refractivity contribution is -0.152. The summed E-state index contributed by atoms with van der Waals surface area (Å²) in [5.41, 5.74) is 1.36. The lowest BCUT2D eigenvalue weighted by Crippen LogP contribution is -2.68. The normalized spacial score (nSPS) is 33.6. The zero-order valence-corrected chi connectivity index (χ0v) is 17.9. The first kappa shape index (κ1) is 19.5. The highest BCUT2D eigenvalue weighted by Crippen LogP contribution is 2.65. The van der Waals surface area contributed by atoms with Gasteiger partial charge in [0.1, 0.15) is 5.60 Å². The molecule has 0 N–H and O–H groups in total. The van der Waals surface area contributed by atoms with Crippen LogP contribution in [0.4, 0.5) is 0 Å². The van der Waals surface area contributed by atoms with Crippen LogP contribution in [0.2, 0.25) is 0 Å². The fourth-order valence-electron chi connectivity index (χ4n) is 6.17. The van der Waals surface area contributed by atoms with Gasteiger partial charge in [0.2, 0.25) is 0 Å². The standard InChI is InChI=1S/C24H32O4/c1-7-11-23-20-16-8-9-19(26-5)21(20)28-22(23)18(25)10-12-24(23,27-6)17(13-16)15(4)14(2)3/h8-10,12,14-15,17,22H,7,11,13H2,1-6H3. The average Bonchev–Trinajstić information content (AvgIpc) is 3.04. The summed E-state index contributed by atoms with van der Waals surface area (Å²) in [4.78, 5) is 13.1. The van der Waals surface area contributed by atoms with Gasteiger partial charge in [0.25, 0.3) is 0 Å². The Kier molecular flexibility index (Phi) is 4.61. The van der Waals surface area contributed by atoms with E-state index in [9.17, 15) is 4.79 Å². The molecule has 1 aliphatic heterocycles. The van der Waals surface area contributed by atoms with Gasteiger partial charge >= 0.3 is 0 Å². The first-order valence-corrected chi connectivity index (χ1v) is 10.5. The summed E-state index contributed by atoms with van der Waals surface area (Å²) in [6.45, 7) is 9.04. The molecule has 5 unspecified atom stereocenters. The smallest absolute Gasteiger partial charge is 0.196 e. The fraction of sp³-hybridized carbons (Fsp3) is 0.625. The van der Waals surface area contributed by atoms with E-state index in [0.29, 0.717) is 17.6 Å². The zero-order valence-electron chi connectivity index (χ0n) is 17.9. The van der Waals surface area contributed by atoms with Crippen molar-refractivity contribution >= 4 is 5.78 Å². The third kappa shape index (κ3) is 2.18. The first-order chi connectivity index (χ1) is 13.4. The van der Waals surface area contributed by atoms with Crippen LogP contribution in [0.3, 0.4) is 0 Å². The van der Waals surface area contributed by atoms with E-state index in [1.165, 1.54) is 5.56 Å². The summed E-state index contributed by atoms with van der Waals surface area (Å²) < 4.78 is 18.5. The van der Waals surface area contributed by atoms with Crippen LogP contribution in [0.5, 0.6) is 11.5 Å². The maximum Gasteiger partial charge on any atom is 0.196 e. The molecule has 1 aromatic rings. The molecule has 2 aliphatic carbocycles. The summed E-state index contributed by atoms with van der Waals surface area (Å²) in [5.74, 6) is 2.70. The van der Waals surface area contributed by atoms with Crippen molar-refractivity contribution in [2.24, 2.45) is 17.8 Å². The van der Waals surface area contributed by atoms with E-state index < -0.39 is 17.1 Å². The molecule has 5 atom stereocenters. The Labute approximate surface area is 168 Å². The van der Waals surface area contributed by atoms with Crippen molar-refractivity contribution in [3.63, 3.8) is 0 Å². The maximum absolute atomic E-state index is 13.1. The quantitative estimate of drug-likeness (QED) is 0.725. The molecule has 0 amide bonds. The first-order valence-electron chi connectivity index (χ1n) is 10.5. The monoisotopic (exact) mass is 384 g/mol. The zero-order chi connectivity index (χ0) is 20.3. The highest BCUT2D eigenvalue weighted by atomic mass is 16.5. The molecule has 0 spiro atoms. The maximum atomic E-state index is 13.1. The Bertz CT molecular complexity index is 826. The van der Waals surface area contributed by atoms with Gasteiger partial charge < -0.3 is 14.2 Å². The van der Waals surface area contributed by atoms with Gasteiger partial charge in [-0.2, -0.15) is 0 Å². The van der Waals surface area contributed by atoms with Gasteiger partial charge in [-0.15, -0.1) is 0 Å². The van der Waals surface area contributed by atoms with Crippen LogP contribution in [-0.4, -0.2) is 31.7 Å². The molecule has 1 heterocycles. The van der Waals surface area contributed by atoms with Crippen molar-refractivity contribution in [1.29, 1.82) is 0 Å².